The van der Waals surface area contributed by atoms with Crippen LogP contribution in [-0.2, 0) is 69.3 Å². The van der Waals surface area contributed by atoms with Gasteiger partial charge >= 0.3 is 49.4 Å². The minimum Gasteiger partial charge on any atom is -0.508 e. The van der Waals surface area contributed by atoms with Gasteiger partial charge in [0.1, 0.15) is 30.2 Å². The molecule has 0 heterocycles. The van der Waals surface area contributed by atoms with Gasteiger partial charge in [0.05, 0.1) is 54.4 Å². The molecular weight excluding hydrogens is 1020 g/mol. The summed E-state index contributed by atoms with van der Waals surface area (Å²) >= 11 is 0. The number of halogens is 24. The third-order valence-corrected chi connectivity index (χ3v) is 10.9. The molecule has 0 aliphatic carbocycles. The number of hydrogen-bond donors (Lipinski definition) is 1. The molecule has 2 nitrogen and oxygen atoms in total. The van der Waals surface area contributed by atoms with E-state index in [1.165, 1.54) is 0 Å². The third-order valence-electron chi connectivity index (χ3n) is 9.89. The van der Waals surface area contributed by atoms with Crippen molar-refractivity contribution in [2.24, 2.45) is 0 Å². The maximum absolute atomic E-state index is 14.2. The Morgan fingerprint density at radius 3 is 0.667 bits per heavy atom. The van der Waals surface area contributed by atoms with Gasteiger partial charge in [-0.05, 0) is 36.4 Å². The first-order valence-corrected chi connectivity index (χ1v) is 20.8. The normalized spacial score (nSPS) is 13.8. The van der Waals surface area contributed by atoms with E-state index >= 15 is 0 Å². The van der Waals surface area contributed by atoms with Crippen LogP contribution < -0.4 is 21.9 Å². The molecule has 0 aromatic heterocycles. The second kappa shape index (κ2) is 18.3. The molecule has 0 aliphatic heterocycles. The molecule has 5 aromatic rings. The Bertz CT molecular complexity index is 2260. The van der Waals surface area contributed by atoms with Crippen LogP contribution in [0.2, 0.25) is 0 Å². The molecular formula is C41H25BF24O2S. The molecule has 0 spiro atoms. The first-order chi connectivity index (χ1) is 30.7. The van der Waals surface area contributed by atoms with Crippen LogP contribution >= 0.6 is 0 Å². The highest BCUT2D eigenvalue weighted by Crippen LogP contribution is 2.41. The van der Waals surface area contributed by atoms with Crippen molar-refractivity contribution in [1.29, 1.82) is 0 Å². The summed E-state index contributed by atoms with van der Waals surface area (Å²) in [6.07, 6.45) is -51.3. The van der Waals surface area contributed by atoms with E-state index in [0.29, 0.717) is 5.75 Å². The topological polar surface area (TPSA) is 37.3 Å². The SMILES string of the molecule is C[S+](C)(=O)Cc1ccc(O)cc1.FC(F)(F)c1cc([B-](c2cc(C(F)(F)F)cc(C(F)(F)F)c2)(c2cc(C(F)(F)F)cc(C(F)(F)F)c2)c2cc(C(F)(F)F)cc(C(F)(F)F)c2)cc(C(F)(F)F)c1. The van der Waals surface area contributed by atoms with E-state index < -0.39 is 205 Å². The number of alkyl halides is 24. The number of phenols is 1. The van der Waals surface area contributed by atoms with Crippen LogP contribution in [0.5, 0.6) is 5.75 Å². The van der Waals surface area contributed by atoms with Crippen molar-refractivity contribution in [1.82, 2.24) is 0 Å². The van der Waals surface area contributed by atoms with Gasteiger partial charge in [-0.1, -0.05) is 60.7 Å². The smallest absolute Gasteiger partial charge is 0.416 e. The summed E-state index contributed by atoms with van der Waals surface area (Å²) in [5.41, 5.74) is -29.2. The summed E-state index contributed by atoms with van der Waals surface area (Å²) in [7, 11) is -1.72. The van der Waals surface area contributed by atoms with E-state index in [-0.39, 0.29) is 5.75 Å². The first-order valence-electron chi connectivity index (χ1n) is 18.3. The molecule has 0 aliphatic rings. The van der Waals surface area contributed by atoms with Gasteiger partial charge in [-0.2, -0.15) is 127 Å². The predicted octanol–water partition coefficient (Wildman–Crippen LogP) is 12.9. The Morgan fingerprint density at radius 2 is 0.522 bits per heavy atom. The lowest BCUT2D eigenvalue weighted by atomic mass is 9.12. The summed E-state index contributed by atoms with van der Waals surface area (Å²) in [6.45, 7) is 0. The lowest BCUT2D eigenvalue weighted by molar-refractivity contribution is -0.144. The number of benzene rings is 5. The molecule has 1 N–H and O–H groups in total. The average molecular weight is 1050 g/mol. The van der Waals surface area contributed by atoms with Crippen molar-refractivity contribution < 1.29 is 115 Å². The Kier molecular flexibility index (Phi) is 14.9. The predicted molar refractivity (Wildman–Crippen MR) is 202 cm³/mol. The van der Waals surface area contributed by atoms with Gasteiger partial charge in [0.2, 0.25) is 0 Å². The maximum atomic E-state index is 14.2. The monoisotopic (exact) mass is 1050 g/mol. The summed E-state index contributed by atoms with van der Waals surface area (Å²) in [5, 5.41) is 8.98. The number of phenolic OH excluding ortho intramolecular Hbond substituents is 1. The summed E-state index contributed by atoms with van der Waals surface area (Å²) in [4.78, 5) is 0. The standard InChI is InChI=1S/C32H12BF24.C9H12O2S/c34-25(35,36)13-1-14(26(37,38)39)6-21(5-13)33(22-7-15(27(40,41)42)2-16(8-22)28(43,44)45,23-9-17(29(46,47)48)3-18(10-23)30(49,50)51)24-11-19(31(52,53)54)4-20(12-24)32(55,56)57;1-12(2,11)7-8-3-5-9(10)6-4-8/h1-12H;3-6H,7H2,1-2H3/q-1;/p+1. The van der Waals surface area contributed by atoms with Gasteiger partial charge in [-0.15, -0.1) is 4.21 Å². The number of hydrogen-bond acceptors (Lipinski definition) is 2. The Labute approximate surface area is 372 Å². The fraction of sp³-hybridized carbons (Fsp3) is 0.268. The van der Waals surface area contributed by atoms with Crippen molar-refractivity contribution in [3.8, 4) is 5.75 Å². The Balaban J connectivity index is 0.000000750. The maximum Gasteiger partial charge on any atom is 0.416 e. The molecule has 28 heteroatoms. The van der Waals surface area contributed by atoms with Crippen LogP contribution in [-0.4, -0.2) is 23.8 Å². The van der Waals surface area contributed by atoms with Crippen molar-refractivity contribution in [3.05, 3.63) is 147 Å². The summed E-state index contributed by atoms with van der Waals surface area (Å²) in [5.74, 6) is 0.824. The van der Waals surface area contributed by atoms with Crippen molar-refractivity contribution in [3.63, 3.8) is 0 Å². The van der Waals surface area contributed by atoms with Gasteiger partial charge in [-0.3, -0.25) is 0 Å². The molecule has 0 amide bonds. The fourth-order valence-corrected chi connectivity index (χ4v) is 8.06. The van der Waals surface area contributed by atoms with Crippen LogP contribution in [0.1, 0.15) is 50.1 Å². The fourth-order valence-electron chi connectivity index (χ4n) is 7.06. The highest BCUT2D eigenvalue weighted by molar-refractivity contribution is 8.00. The van der Waals surface area contributed by atoms with Crippen LogP contribution in [0.15, 0.2) is 97.1 Å². The van der Waals surface area contributed by atoms with Gasteiger partial charge in [-0.25, -0.2) is 0 Å². The minimum atomic E-state index is -6.13. The highest BCUT2D eigenvalue weighted by Gasteiger charge is 2.47. The molecule has 0 unspecified atom stereocenters. The van der Waals surface area contributed by atoms with E-state index in [4.69, 9.17) is 5.11 Å². The van der Waals surface area contributed by atoms with E-state index in [9.17, 15) is 110 Å². The van der Waals surface area contributed by atoms with Crippen molar-refractivity contribution >= 4 is 37.9 Å². The van der Waals surface area contributed by atoms with E-state index in [1.807, 2.05) is 0 Å². The summed E-state index contributed by atoms with van der Waals surface area (Å²) < 4.78 is 352. The van der Waals surface area contributed by atoms with Gasteiger partial charge in [0, 0.05) is 5.56 Å². The highest BCUT2D eigenvalue weighted by atomic mass is 32.2. The van der Waals surface area contributed by atoms with Gasteiger partial charge in [0.15, 0.2) is 0 Å². The summed E-state index contributed by atoms with van der Waals surface area (Å²) in [6, 6.07) is -2.00. The largest absolute Gasteiger partial charge is 0.508 e. The van der Waals surface area contributed by atoms with E-state index in [0.717, 1.165) is 5.56 Å². The van der Waals surface area contributed by atoms with Crippen LogP contribution in [0, 0.1) is 0 Å². The van der Waals surface area contributed by atoms with Crippen LogP contribution in [0.4, 0.5) is 105 Å². The second-order valence-electron chi connectivity index (χ2n) is 15.5. The van der Waals surface area contributed by atoms with Crippen LogP contribution in [0.3, 0.4) is 0 Å². The van der Waals surface area contributed by atoms with Gasteiger partial charge < -0.3 is 5.11 Å². The zero-order valence-corrected chi connectivity index (χ0v) is 34.7. The number of rotatable bonds is 6. The van der Waals surface area contributed by atoms with Crippen molar-refractivity contribution in [2.45, 2.75) is 55.2 Å². The quantitative estimate of drug-likeness (QED) is 0.105. The van der Waals surface area contributed by atoms with E-state index in [1.54, 1.807) is 36.8 Å². The minimum absolute atomic E-state index is 0.248. The lowest BCUT2D eigenvalue weighted by Gasteiger charge is -2.46. The first kappa shape index (κ1) is 56.0. The zero-order chi connectivity index (χ0) is 53.1. The lowest BCUT2D eigenvalue weighted by Crippen LogP contribution is -2.75. The Hall–Kier alpha value is -5.57. The van der Waals surface area contributed by atoms with Crippen LogP contribution in [0.25, 0.3) is 0 Å². The second-order valence-corrected chi connectivity index (χ2v) is 18.6. The molecule has 0 saturated heterocycles. The molecule has 69 heavy (non-hydrogen) atoms. The molecule has 0 saturated carbocycles. The average Bonchev–Trinajstić information content (AvgIpc) is 3.16. The molecule has 0 radical (unpaired) electrons. The molecule has 0 fully saturated rings. The molecule has 5 rings (SSSR count). The molecule has 0 bridgehead atoms. The van der Waals surface area contributed by atoms with Crippen molar-refractivity contribution in [2.75, 3.05) is 12.5 Å². The molecule has 378 valence electrons. The van der Waals surface area contributed by atoms with Gasteiger partial charge in [0.25, 0.3) is 0 Å². The Morgan fingerprint density at radius 1 is 0.348 bits per heavy atom. The molecule has 5 aromatic carbocycles. The van der Waals surface area contributed by atoms with E-state index in [2.05, 4.69) is 0 Å². The number of aromatic hydroxyl groups is 1. The molecule has 0 atom stereocenters. The zero-order valence-electron chi connectivity index (χ0n) is 33.9. The third kappa shape index (κ3) is 13.6.